The average Bonchev–Trinajstić information content (AvgIpc) is 2.19. The van der Waals surface area contributed by atoms with Crippen molar-refractivity contribution < 1.29 is 20.4 Å². The van der Waals surface area contributed by atoms with E-state index in [1.54, 1.807) is 6.92 Å². The first-order chi connectivity index (χ1) is 7.08. The zero-order valence-electron chi connectivity index (χ0n) is 9.06. The first kappa shape index (κ1) is 12.2. The number of rotatable bonds is 3. The molecule has 1 aliphatic carbocycles. The Bertz CT molecular complexity index is 304. The highest BCUT2D eigenvalue weighted by Gasteiger charge is 2.32. The van der Waals surface area contributed by atoms with Crippen molar-refractivity contribution in [1.82, 2.24) is 0 Å². The van der Waals surface area contributed by atoms with Crippen LogP contribution in [-0.2, 0) is 0 Å². The molecule has 0 aromatic carbocycles. The minimum absolute atomic E-state index is 0.0437. The molecule has 1 rings (SSSR count). The lowest BCUT2D eigenvalue weighted by atomic mass is 9.77. The van der Waals surface area contributed by atoms with Crippen LogP contribution in [0, 0.1) is 11.8 Å². The molecular formula is C11H18O4. The van der Waals surface area contributed by atoms with Gasteiger partial charge in [0.05, 0.1) is 19.8 Å². The number of hydrogen-bond acceptors (Lipinski definition) is 4. The summed E-state index contributed by atoms with van der Waals surface area (Å²) < 4.78 is 0. The predicted octanol–water partition coefficient (Wildman–Crippen LogP) is 0.358. The summed E-state index contributed by atoms with van der Waals surface area (Å²) in [6.07, 6.45) is 0. The van der Waals surface area contributed by atoms with Gasteiger partial charge in [-0.1, -0.05) is 6.92 Å². The van der Waals surface area contributed by atoms with E-state index in [-0.39, 0.29) is 31.5 Å². The first-order valence-corrected chi connectivity index (χ1v) is 5.03. The summed E-state index contributed by atoms with van der Waals surface area (Å²) in [5.41, 5.74) is 1.93. The van der Waals surface area contributed by atoms with Gasteiger partial charge in [0.15, 0.2) is 0 Å². The third kappa shape index (κ3) is 1.93. The zero-order valence-corrected chi connectivity index (χ0v) is 9.06. The van der Waals surface area contributed by atoms with Crippen LogP contribution in [0.5, 0.6) is 0 Å². The second kappa shape index (κ2) is 4.79. The van der Waals surface area contributed by atoms with E-state index in [9.17, 15) is 10.2 Å². The minimum Gasteiger partial charge on any atom is -0.512 e. The fourth-order valence-corrected chi connectivity index (χ4v) is 2.14. The molecule has 0 aromatic rings. The van der Waals surface area contributed by atoms with Gasteiger partial charge >= 0.3 is 0 Å². The summed E-state index contributed by atoms with van der Waals surface area (Å²) in [6, 6.07) is 0. The van der Waals surface area contributed by atoms with Crippen LogP contribution in [-0.4, -0.2) is 40.2 Å². The van der Waals surface area contributed by atoms with E-state index < -0.39 is 5.92 Å². The molecule has 0 bridgehead atoms. The molecule has 2 atom stereocenters. The minimum atomic E-state index is -0.419. The molecule has 0 spiro atoms. The van der Waals surface area contributed by atoms with E-state index in [4.69, 9.17) is 10.2 Å². The standard InChI is InChI=1S/C11H18O4/c1-6-8(3-12)7(2)10(5-14)11(15)9(6)4-13/h6,9,12-15H,3-5H2,1-2H3. The summed E-state index contributed by atoms with van der Waals surface area (Å²) in [6.45, 7) is 3.04. The smallest absolute Gasteiger partial charge is 0.104 e. The van der Waals surface area contributed by atoms with Gasteiger partial charge in [-0.15, -0.1) is 0 Å². The topological polar surface area (TPSA) is 80.9 Å². The van der Waals surface area contributed by atoms with Gasteiger partial charge in [-0.05, 0) is 24.0 Å². The summed E-state index contributed by atoms with van der Waals surface area (Å²) >= 11 is 0. The Hall–Kier alpha value is -0.840. The maximum absolute atomic E-state index is 9.83. The van der Waals surface area contributed by atoms with Gasteiger partial charge in [0, 0.05) is 11.5 Å². The summed E-state index contributed by atoms with van der Waals surface area (Å²) in [5.74, 6) is -0.476. The molecular weight excluding hydrogens is 196 g/mol. The Labute approximate surface area is 89.2 Å². The second-order valence-electron chi connectivity index (χ2n) is 3.91. The highest BCUT2D eigenvalue weighted by molar-refractivity contribution is 5.42. The fourth-order valence-electron chi connectivity index (χ4n) is 2.14. The van der Waals surface area contributed by atoms with Crippen molar-refractivity contribution in [2.45, 2.75) is 13.8 Å². The van der Waals surface area contributed by atoms with E-state index in [1.807, 2.05) is 6.92 Å². The predicted molar refractivity (Wildman–Crippen MR) is 56.3 cm³/mol. The van der Waals surface area contributed by atoms with E-state index in [0.717, 1.165) is 11.1 Å². The van der Waals surface area contributed by atoms with E-state index >= 15 is 0 Å². The molecule has 0 aliphatic heterocycles. The Morgan fingerprint density at radius 3 is 2.13 bits per heavy atom. The van der Waals surface area contributed by atoms with E-state index in [1.165, 1.54) is 0 Å². The number of hydrogen-bond donors (Lipinski definition) is 4. The number of aliphatic hydroxyl groups excluding tert-OH is 4. The molecule has 0 radical (unpaired) electrons. The van der Waals surface area contributed by atoms with Crippen molar-refractivity contribution in [1.29, 1.82) is 0 Å². The van der Waals surface area contributed by atoms with Crippen molar-refractivity contribution >= 4 is 0 Å². The van der Waals surface area contributed by atoms with Gasteiger partial charge < -0.3 is 20.4 Å². The third-order valence-electron chi connectivity index (χ3n) is 3.27. The molecule has 4 heteroatoms. The molecule has 0 saturated carbocycles. The van der Waals surface area contributed by atoms with E-state index in [0.29, 0.717) is 5.57 Å². The van der Waals surface area contributed by atoms with Crippen LogP contribution in [0.3, 0.4) is 0 Å². The summed E-state index contributed by atoms with van der Waals surface area (Å²) in [4.78, 5) is 0. The van der Waals surface area contributed by atoms with E-state index in [2.05, 4.69) is 0 Å². The largest absolute Gasteiger partial charge is 0.512 e. The van der Waals surface area contributed by atoms with Crippen LogP contribution in [0.25, 0.3) is 0 Å². The Balaban J connectivity index is 3.22. The Kier molecular flexibility index (Phi) is 3.90. The second-order valence-corrected chi connectivity index (χ2v) is 3.91. The maximum Gasteiger partial charge on any atom is 0.104 e. The van der Waals surface area contributed by atoms with Crippen LogP contribution in [0.15, 0.2) is 22.5 Å². The first-order valence-electron chi connectivity index (χ1n) is 5.03. The van der Waals surface area contributed by atoms with Gasteiger partial charge in [-0.3, -0.25) is 0 Å². The van der Waals surface area contributed by atoms with Gasteiger partial charge in [0.2, 0.25) is 0 Å². The van der Waals surface area contributed by atoms with Crippen molar-refractivity contribution in [3.05, 3.63) is 22.5 Å². The molecule has 2 unspecified atom stereocenters. The van der Waals surface area contributed by atoms with Crippen molar-refractivity contribution in [2.24, 2.45) is 11.8 Å². The highest BCUT2D eigenvalue weighted by Crippen LogP contribution is 2.36. The van der Waals surface area contributed by atoms with Crippen LogP contribution in [0.2, 0.25) is 0 Å². The van der Waals surface area contributed by atoms with Gasteiger partial charge in [0.1, 0.15) is 5.76 Å². The molecule has 0 heterocycles. The number of aliphatic hydroxyl groups is 4. The Morgan fingerprint density at radius 2 is 1.73 bits per heavy atom. The molecule has 86 valence electrons. The van der Waals surface area contributed by atoms with Gasteiger partial charge in [-0.2, -0.15) is 0 Å². The average molecular weight is 214 g/mol. The molecule has 4 N–H and O–H groups in total. The third-order valence-corrected chi connectivity index (χ3v) is 3.27. The highest BCUT2D eigenvalue weighted by atomic mass is 16.3. The van der Waals surface area contributed by atoms with Crippen molar-refractivity contribution in [2.75, 3.05) is 19.8 Å². The van der Waals surface area contributed by atoms with Crippen molar-refractivity contribution in [3.63, 3.8) is 0 Å². The molecule has 4 nitrogen and oxygen atoms in total. The molecule has 0 amide bonds. The summed E-state index contributed by atoms with van der Waals surface area (Å²) in [7, 11) is 0. The SMILES string of the molecule is CC1=C(CO)C(C)C(CO)C(O)=C1CO. The molecule has 15 heavy (non-hydrogen) atoms. The maximum atomic E-state index is 9.83. The molecule has 0 saturated heterocycles. The van der Waals surface area contributed by atoms with Gasteiger partial charge in [0.25, 0.3) is 0 Å². The van der Waals surface area contributed by atoms with Crippen LogP contribution < -0.4 is 0 Å². The van der Waals surface area contributed by atoms with Crippen LogP contribution in [0.4, 0.5) is 0 Å². The normalized spacial score (nSPS) is 27.5. The van der Waals surface area contributed by atoms with Gasteiger partial charge in [-0.25, -0.2) is 0 Å². The zero-order chi connectivity index (χ0) is 11.6. The Morgan fingerprint density at radius 1 is 1.13 bits per heavy atom. The summed E-state index contributed by atoms with van der Waals surface area (Å²) in [5, 5.41) is 37.3. The molecule has 0 fully saturated rings. The molecule has 1 aliphatic rings. The van der Waals surface area contributed by atoms with Crippen LogP contribution >= 0.6 is 0 Å². The fraction of sp³-hybridized carbons (Fsp3) is 0.636. The lowest BCUT2D eigenvalue weighted by molar-refractivity contribution is 0.158. The quantitative estimate of drug-likeness (QED) is 0.546. The lowest BCUT2D eigenvalue weighted by Gasteiger charge is -2.31. The lowest BCUT2D eigenvalue weighted by Crippen LogP contribution is -2.28. The van der Waals surface area contributed by atoms with Crippen molar-refractivity contribution in [3.8, 4) is 0 Å². The monoisotopic (exact) mass is 214 g/mol. The molecule has 0 aromatic heterocycles. The van der Waals surface area contributed by atoms with Crippen LogP contribution in [0.1, 0.15) is 13.8 Å².